The highest BCUT2D eigenvalue weighted by Gasteiger charge is 2.23. The van der Waals surface area contributed by atoms with E-state index in [1.54, 1.807) is 11.8 Å². The Bertz CT molecular complexity index is 680. The van der Waals surface area contributed by atoms with Crippen molar-refractivity contribution in [1.82, 2.24) is 9.97 Å². The van der Waals surface area contributed by atoms with Gasteiger partial charge >= 0.3 is 0 Å². The van der Waals surface area contributed by atoms with Crippen LogP contribution in [0.2, 0.25) is 0 Å². The number of aryl methyl sites for hydroxylation is 2. The molecule has 0 bridgehead atoms. The number of thioether (sulfide) groups is 1. The normalized spacial score (nSPS) is 17.0. The maximum atomic E-state index is 5.86. The number of aromatic nitrogens is 2. The lowest BCUT2D eigenvalue weighted by atomic mass is 10.1. The first-order valence-corrected chi connectivity index (χ1v) is 8.09. The summed E-state index contributed by atoms with van der Waals surface area (Å²) < 4.78 is 0. The van der Waals surface area contributed by atoms with E-state index in [0.717, 1.165) is 28.6 Å². The fourth-order valence-corrected chi connectivity index (χ4v) is 3.34. The van der Waals surface area contributed by atoms with Gasteiger partial charge < -0.3 is 16.0 Å². The molecular weight excluding hydrogens is 294 g/mol. The Hall–Kier alpha value is -2.05. The summed E-state index contributed by atoms with van der Waals surface area (Å²) in [6.07, 6.45) is 2.07. The van der Waals surface area contributed by atoms with Crippen LogP contribution in [0.25, 0.3) is 0 Å². The van der Waals surface area contributed by atoms with Gasteiger partial charge in [0.05, 0.1) is 0 Å². The summed E-state index contributed by atoms with van der Waals surface area (Å²) in [5, 5.41) is 5.53. The van der Waals surface area contributed by atoms with Gasteiger partial charge in [-0.25, -0.2) is 9.97 Å². The number of benzene rings is 1. The van der Waals surface area contributed by atoms with E-state index < -0.39 is 0 Å². The van der Waals surface area contributed by atoms with Gasteiger partial charge in [-0.2, -0.15) is 0 Å². The molecule has 22 heavy (non-hydrogen) atoms. The third-order valence-corrected chi connectivity index (χ3v) is 4.29. The van der Waals surface area contributed by atoms with Crippen LogP contribution in [0.15, 0.2) is 41.9 Å². The second kappa shape index (κ2) is 6.37. The van der Waals surface area contributed by atoms with Crippen LogP contribution in [0.3, 0.4) is 0 Å². The lowest BCUT2D eigenvalue weighted by molar-refractivity contribution is 0.928. The zero-order valence-electron chi connectivity index (χ0n) is 12.7. The molecule has 114 valence electrons. The second-order valence-corrected chi connectivity index (χ2v) is 6.09. The van der Waals surface area contributed by atoms with E-state index >= 15 is 0 Å². The minimum Gasteiger partial charge on any atom is -0.341 e. The van der Waals surface area contributed by atoms with Gasteiger partial charge in [0, 0.05) is 30.2 Å². The molecule has 6 heteroatoms. The number of nitrogens with zero attached hydrogens (tertiary/aromatic N) is 3. The molecule has 1 aromatic carbocycles. The standard InChI is InChI=1S/C16H19N5S/c1-11-9-15(19-12(2)18-11)20-16-21(7-8-22-16)14-6-4-3-5-13(14)10-17/h3-9,16H,10,17H2,1-2H3,(H,18,19,20). The fourth-order valence-electron chi connectivity index (χ4n) is 2.48. The Labute approximate surface area is 134 Å². The molecule has 1 aromatic heterocycles. The Kier molecular flexibility index (Phi) is 4.31. The van der Waals surface area contributed by atoms with Crippen molar-refractivity contribution < 1.29 is 0 Å². The summed E-state index contributed by atoms with van der Waals surface area (Å²) in [5.41, 5.74) is 9.11. The zero-order valence-corrected chi connectivity index (χ0v) is 13.5. The maximum absolute atomic E-state index is 5.86. The van der Waals surface area contributed by atoms with Gasteiger partial charge in [0.15, 0.2) is 5.50 Å². The summed E-state index contributed by atoms with van der Waals surface area (Å²) in [6.45, 7) is 4.39. The summed E-state index contributed by atoms with van der Waals surface area (Å²) >= 11 is 1.70. The van der Waals surface area contributed by atoms with Gasteiger partial charge in [-0.1, -0.05) is 30.0 Å². The number of hydrogen-bond acceptors (Lipinski definition) is 6. The first kappa shape index (κ1) is 14.9. The van der Waals surface area contributed by atoms with Crippen molar-refractivity contribution in [1.29, 1.82) is 0 Å². The Morgan fingerprint density at radius 3 is 2.86 bits per heavy atom. The van der Waals surface area contributed by atoms with Crippen LogP contribution in [0.1, 0.15) is 17.1 Å². The van der Waals surface area contributed by atoms with Crippen LogP contribution in [0.4, 0.5) is 11.5 Å². The van der Waals surface area contributed by atoms with Crippen molar-refractivity contribution in [3.05, 3.63) is 59.0 Å². The lowest BCUT2D eigenvalue weighted by Crippen LogP contribution is -2.32. The zero-order chi connectivity index (χ0) is 15.5. The Balaban J connectivity index is 1.85. The molecule has 2 heterocycles. The highest BCUT2D eigenvalue weighted by Crippen LogP contribution is 2.33. The molecule has 0 aliphatic carbocycles. The van der Waals surface area contributed by atoms with Gasteiger partial charge in [0.1, 0.15) is 11.6 Å². The third-order valence-electron chi connectivity index (χ3n) is 3.41. The molecule has 0 saturated carbocycles. The first-order chi connectivity index (χ1) is 10.7. The van der Waals surface area contributed by atoms with Crippen molar-refractivity contribution >= 4 is 23.3 Å². The number of anilines is 2. The van der Waals surface area contributed by atoms with Crippen LogP contribution in [0.5, 0.6) is 0 Å². The van der Waals surface area contributed by atoms with Crippen LogP contribution in [-0.4, -0.2) is 15.5 Å². The molecule has 0 spiro atoms. The number of rotatable bonds is 4. The molecule has 1 aliphatic rings. The molecule has 3 rings (SSSR count). The predicted molar refractivity (Wildman–Crippen MR) is 92.5 cm³/mol. The van der Waals surface area contributed by atoms with E-state index in [4.69, 9.17) is 5.73 Å². The smallest absolute Gasteiger partial charge is 0.157 e. The Morgan fingerprint density at radius 1 is 1.27 bits per heavy atom. The fraction of sp³-hybridized carbons (Fsp3) is 0.250. The van der Waals surface area contributed by atoms with Gasteiger partial charge in [-0.3, -0.25) is 0 Å². The lowest BCUT2D eigenvalue weighted by Gasteiger charge is -2.27. The largest absolute Gasteiger partial charge is 0.341 e. The number of para-hydroxylation sites is 1. The number of nitrogens with one attached hydrogen (secondary N) is 1. The molecule has 0 fully saturated rings. The second-order valence-electron chi connectivity index (χ2n) is 5.10. The molecular formula is C16H19N5S. The molecule has 0 saturated heterocycles. The summed E-state index contributed by atoms with van der Waals surface area (Å²) in [6, 6.07) is 10.1. The predicted octanol–water partition coefficient (Wildman–Crippen LogP) is 2.97. The molecule has 1 unspecified atom stereocenters. The minimum absolute atomic E-state index is 0.0569. The molecule has 5 nitrogen and oxygen atoms in total. The summed E-state index contributed by atoms with van der Waals surface area (Å²) in [5.74, 6) is 1.61. The van der Waals surface area contributed by atoms with Gasteiger partial charge in [0.25, 0.3) is 0 Å². The topological polar surface area (TPSA) is 67.1 Å². The SMILES string of the molecule is Cc1cc(NC2SC=CN2c2ccccc2CN)nc(C)n1. The van der Waals surface area contributed by atoms with E-state index in [-0.39, 0.29) is 5.50 Å². The number of nitrogens with two attached hydrogens (primary N) is 1. The molecule has 1 atom stereocenters. The van der Waals surface area contributed by atoms with E-state index in [0.29, 0.717) is 6.54 Å². The van der Waals surface area contributed by atoms with Crippen LogP contribution in [-0.2, 0) is 6.54 Å². The molecule has 0 amide bonds. The van der Waals surface area contributed by atoms with Crippen molar-refractivity contribution in [2.24, 2.45) is 5.73 Å². The van der Waals surface area contributed by atoms with Gasteiger partial charge in [-0.15, -0.1) is 0 Å². The Morgan fingerprint density at radius 2 is 2.09 bits per heavy atom. The highest BCUT2D eigenvalue weighted by molar-refractivity contribution is 8.03. The molecule has 0 radical (unpaired) electrons. The van der Waals surface area contributed by atoms with Crippen LogP contribution < -0.4 is 16.0 Å². The van der Waals surface area contributed by atoms with Crippen LogP contribution in [0, 0.1) is 13.8 Å². The van der Waals surface area contributed by atoms with Gasteiger partial charge in [0.2, 0.25) is 0 Å². The van der Waals surface area contributed by atoms with E-state index in [9.17, 15) is 0 Å². The molecule has 1 aliphatic heterocycles. The monoisotopic (exact) mass is 313 g/mol. The maximum Gasteiger partial charge on any atom is 0.157 e. The minimum atomic E-state index is 0.0569. The van der Waals surface area contributed by atoms with Crippen molar-refractivity contribution in [3.8, 4) is 0 Å². The third kappa shape index (κ3) is 3.08. The summed E-state index contributed by atoms with van der Waals surface area (Å²) in [4.78, 5) is 10.9. The van der Waals surface area contributed by atoms with Crippen LogP contribution >= 0.6 is 11.8 Å². The van der Waals surface area contributed by atoms with Crippen molar-refractivity contribution in [2.75, 3.05) is 10.2 Å². The van der Waals surface area contributed by atoms with E-state index in [1.807, 2.05) is 32.0 Å². The quantitative estimate of drug-likeness (QED) is 0.904. The van der Waals surface area contributed by atoms with E-state index in [2.05, 4.69) is 43.9 Å². The van der Waals surface area contributed by atoms with Gasteiger partial charge in [-0.05, 0) is 30.9 Å². The van der Waals surface area contributed by atoms with Crippen molar-refractivity contribution in [2.45, 2.75) is 25.9 Å². The average Bonchev–Trinajstić information content (AvgIpc) is 2.94. The highest BCUT2D eigenvalue weighted by atomic mass is 32.2. The number of hydrogen-bond donors (Lipinski definition) is 2. The van der Waals surface area contributed by atoms with E-state index in [1.165, 1.54) is 0 Å². The summed E-state index contributed by atoms with van der Waals surface area (Å²) in [7, 11) is 0. The van der Waals surface area contributed by atoms with Crippen molar-refractivity contribution in [3.63, 3.8) is 0 Å². The molecule has 3 N–H and O–H groups in total. The first-order valence-electron chi connectivity index (χ1n) is 7.14. The molecule has 2 aromatic rings. The average molecular weight is 313 g/mol.